The standard InChI is InChI=1S/C12H17N5OS/c1-7(2)17-10(4-5-14-17)16-11(18)9-6-19-12(15-9)8(3)13/h4-8H,13H2,1-3H3,(H,16,18). The molecule has 2 rings (SSSR count). The van der Waals surface area contributed by atoms with Gasteiger partial charge in [0.15, 0.2) is 0 Å². The summed E-state index contributed by atoms with van der Waals surface area (Å²) >= 11 is 1.39. The SMILES string of the molecule is CC(N)c1nc(C(=O)Nc2ccnn2C(C)C)cs1. The zero-order valence-corrected chi connectivity index (χ0v) is 11.9. The van der Waals surface area contributed by atoms with Gasteiger partial charge in [0.25, 0.3) is 5.91 Å². The van der Waals surface area contributed by atoms with E-state index in [0.29, 0.717) is 11.5 Å². The lowest BCUT2D eigenvalue weighted by atomic mass is 10.4. The number of aromatic nitrogens is 3. The zero-order valence-electron chi connectivity index (χ0n) is 11.1. The minimum Gasteiger partial charge on any atom is -0.322 e. The first kappa shape index (κ1) is 13.7. The fourth-order valence-corrected chi connectivity index (χ4v) is 2.36. The van der Waals surface area contributed by atoms with Crippen LogP contribution in [-0.4, -0.2) is 20.7 Å². The highest BCUT2D eigenvalue weighted by molar-refractivity contribution is 7.09. The van der Waals surface area contributed by atoms with Crippen molar-refractivity contribution in [3.63, 3.8) is 0 Å². The highest BCUT2D eigenvalue weighted by atomic mass is 32.1. The van der Waals surface area contributed by atoms with Gasteiger partial charge in [-0.3, -0.25) is 4.79 Å². The minimum atomic E-state index is -0.245. The monoisotopic (exact) mass is 279 g/mol. The Morgan fingerprint density at radius 3 is 2.79 bits per heavy atom. The first-order valence-electron chi connectivity index (χ1n) is 6.05. The number of nitrogens with one attached hydrogen (secondary N) is 1. The third-order valence-electron chi connectivity index (χ3n) is 2.55. The van der Waals surface area contributed by atoms with Crippen LogP contribution >= 0.6 is 11.3 Å². The normalized spacial score (nSPS) is 12.7. The molecule has 0 aliphatic carbocycles. The van der Waals surface area contributed by atoms with Crippen LogP contribution in [-0.2, 0) is 0 Å². The van der Waals surface area contributed by atoms with Crippen LogP contribution in [0.15, 0.2) is 17.6 Å². The van der Waals surface area contributed by atoms with Crippen molar-refractivity contribution in [2.45, 2.75) is 32.9 Å². The van der Waals surface area contributed by atoms with Gasteiger partial charge in [0.1, 0.15) is 16.5 Å². The van der Waals surface area contributed by atoms with Crippen LogP contribution in [0.3, 0.4) is 0 Å². The molecule has 0 aliphatic rings. The topological polar surface area (TPSA) is 85.8 Å². The Balaban J connectivity index is 2.14. The van der Waals surface area contributed by atoms with E-state index in [1.165, 1.54) is 11.3 Å². The summed E-state index contributed by atoms with van der Waals surface area (Å²) in [6.07, 6.45) is 1.66. The second-order valence-electron chi connectivity index (χ2n) is 4.57. The molecule has 0 fully saturated rings. The number of rotatable bonds is 4. The Morgan fingerprint density at radius 1 is 1.47 bits per heavy atom. The number of amides is 1. The molecule has 0 spiro atoms. The molecule has 2 heterocycles. The van der Waals surface area contributed by atoms with Crippen LogP contribution in [0.1, 0.15) is 48.4 Å². The van der Waals surface area contributed by atoms with Gasteiger partial charge in [-0.05, 0) is 20.8 Å². The van der Waals surface area contributed by atoms with Crippen molar-refractivity contribution in [1.82, 2.24) is 14.8 Å². The maximum atomic E-state index is 12.1. The average Bonchev–Trinajstić information content (AvgIpc) is 2.96. The van der Waals surface area contributed by atoms with Gasteiger partial charge >= 0.3 is 0 Å². The second kappa shape index (κ2) is 5.50. The van der Waals surface area contributed by atoms with Crippen LogP contribution < -0.4 is 11.1 Å². The Kier molecular flexibility index (Phi) is 3.96. The molecule has 1 unspecified atom stereocenters. The van der Waals surface area contributed by atoms with Gasteiger partial charge < -0.3 is 11.1 Å². The van der Waals surface area contributed by atoms with Crippen LogP contribution in [0.5, 0.6) is 0 Å². The lowest BCUT2D eigenvalue weighted by Gasteiger charge is -2.10. The largest absolute Gasteiger partial charge is 0.322 e. The minimum absolute atomic E-state index is 0.159. The second-order valence-corrected chi connectivity index (χ2v) is 5.46. The van der Waals surface area contributed by atoms with Gasteiger partial charge in [0.2, 0.25) is 0 Å². The van der Waals surface area contributed by atoms with Crippen molar-refractivity contribution >= 4 is 23.1 Å². The Labute approximate surface area is 115 Å². The van der Waals surface area contributed by atoms with Crippen LogP contribution in [0, 0.1) is 0 Å². The Morgan fingerprint density at radius 2 is 2.21 bits per heavy atom. The molecule has 6 nitrogen and oxygen atoms in total. The van der Waals surface area contributed by atoms with E-state index in [2.05, 4.69) is 15.4 Å². The van der Waals surface area contributed by atoms with E-state index in [9.17, 15) is 4.79 Å². The average molecular weight is 279 g/mol. The number of anilines is 1. The van der Waals surface area contributed by atoms with Crippen LogP contribution in [0.25, 0.3) is 0 Å². The van der Waals surface area contributed by atoms with Crippen molar-refractivity contribution in [3.05, 3.63) is 28.3 Å². The molecule has 0 saturated carbocycles. The number of nitrogens with zero attached hydrogens (tertiary/aromatic N) is 3. The van der Waals surface area contributed by atoms with Gasteiger partial charge in [-0.15, -0.1) is 11.3 Å². The number of hydrogen-bond acceptors (Lipinski definition) is 5. The number of carbonyl (C=O) groups is 1. The molecule has 102 valence electrons. The smallest absolute Gasteiger partial charge is 0.276 e. The summed E-state index contributed by atoms with van der Waals surface area (Å²) in [5.74, 6) is 0.417. The first-order valence-corrected chi connectivity index (χ1v) is 6.93. The maximum Gasteiger partial charge on any atom is 0.276 e. The lowest BCUT2D eigenvalue weighted by molar-refractivity contribution is 0.102. The van der Waals surface area contributed by atoms with Crippen molar-refractivity contribution in [2.75, 3.05) is 5.32 Å². The van der Waals surface area contributed by atoms with Crippen molar-refractivity contribution < 1.29 is 4.79 Å². The van der Waals surface area contributed by atoms with Crippen LogP contribution in [0.2, 0.25) is 0 Å². The number of hydrogen-bond donors (Lipinski definition) is 2. The third-order valence-corrected chi connectivity index (χ3v) is 3.59. The summed E-state index contributed by atoms with van der Waals surface area (Å²) in [7, 11) is 0. The van der Waals surface area contributed by atoms with Crippen molar-refractivity contribution in [1.29, 1.82) is 0 Å². The summed E-state index contributed by atoms with van der Waals surface area (Å²) in [5, 5.41) is 9.43. The van der Waals surface area contributed by atoms with E-state index in [-0.39, 0.29) is 18.0 Å². The fraction of sp³-hybridized carbons (Fsp3) is 0.417. The summed E-state index contributed by atoms with van der Waals surface area (Å²) in [6.45, 7) is 5.84. The van der Waals surface area contributed by atoms with Gasteiger partial charge in [-0.2, -0.15) is 5.10 Å². The van der Waals surface area contributed by atoms with E-state index in [0.717, 1.165) is 5.01 Å². The quantitative estimate of drug-likeness (QED) is 0.898. The van der Waals surface area contributed by atoms with Gasteiger partial charge in [-0.25, -0.2) is 9.67 Å². The van der Waals surface area contributed by atoms with E-state index >= 15 is 0 Å². The number of thiazole rings is 1. The fourth-order valence-electron chi connectivity index (χ4n) is 1.61. The molecular formula is C12H17N5OS. The maximum absolute atomic E-state index is 12.1. The first-order chi connectivity index (χ1) is 8.99. The molecule has 7 heteroatoms. The molecule has 3 N–H and O–H groups in total. The van der Waals surface area contributed by atoms with Crippen molar-refractivity contribution in [2.24, 2.45) is 5.73 Å². The van der Waals surface area contributed by atoms with E-state index in [1.807, 2.05) is 20.8 Å². The molecule has 19 heavy (non-hydrogen) atoms. The number of carbonyl (C=O) groups excluding carboxylic acids is 1. The molecule has 0 radical (unpaired) electrons. The van der Waals surface area contributed by atoms with E-state index < -0.39 is 0 Å². The molecule has 0 aromatic carbocycles. The molecule has 0 aliphatic heterocycles. The molecular weight excluding hydrogens is 262 g/mol. The molecule has 0 saturated heterocycles. The summed E-state index contributed by atoms with van der Waals surface area (Å²) in [4.78, 5) is 16.3. The molecule has 0 bridgehead atoms. The molecule has 1 atom stereocenters. The third kappa shape index (κ3) is 2.99. The van der Waals surface area contributed by atoms with E-state index in [4.69, 9.17) is 5.73 Å². The van der Waals surface area contributed by atoms with E-state index in [1.54, 1.807) is 22.3 Å². The zero-order chi connectivity index (χ0) is 14.0. The summed E-state index contributed by atoms with van der Waals surface area (Å²) < 4.78 is 1.75. The Hall–Kier alpha value is -1.73. The van der Waals surface area contributed by atoms with Gasteiger partial charge in [-0.1, -0.05) is 0 Å². The van der Waals surface area contributed by atoms with Gasteiger partial charge in [0.05, 0.1) is 12.2 Å². The summed E-state index contributed by atoms with van der Waals surface area (Å²) in [5.41, 5.74) is 6.11. The molecule has 2 aromatic heterocycles. The highest BCUT2D eigenvalue weighted by Gasteiger charge is 2.15. The predicted octanol–water partition coefficient (Wildman–Crippen LogP) is 2.19. The molecule has 1 amide bonds. The molecule has 2 aromatic rings. The lowest BCUT2D eigenvalue weighted by Crippen LogP contribution is -2.17. The van der Waals surface area contributed by atoms with Gasteiger partial charge in [0, 0.05) is 17.5 Å². The summed E-state index contributed by atoms with van der Waals surface area (Å²) in [6, 6.07) is 1.78. The van der Waals surface area contributed by atoms with Crippen LogP contribution in [0.4, 0.5) is 5.82 Å². The van der Waals surface area contributed by atoms with Crippen molar-refractivity contribution in [3.8, 4) is 0 Å². The highest BCUT2D eigenvalue weighted by Crippen LogP contribution is 2.18. The number of nitrogens with two attached hydrogens (primary N) is 1. The predicted molar refractivity (Wildman–Crippen MR) is 75.3 cm³/mol. The Bertz CT molecular complexity index is 572.